The molecule has 0 radical (unpaired) electrons. The summed E-state index contributed by atoms with van der Waals surface area (Å²) in [6.07, 6.45) is 0. The first-order chi connectivity index (χ1) is 9.50. The quantitative estimate of drug-likeness (QED) is 0.921. The number of nitrogens with two attached hydrogens (primary N) is 1. The molecule has 5 heteroatoms. The highest BCUT2D eigenvalue weighted by Crippen LogP contribution is 2.27. The van der Waals surface area contributed by atoms with Gasteiger partial charge in [0.2, 0.25) is 0 Å². The predicted octanol–water partition coefficient (Wildman–Crippen LogP) is 3.11. The van der Waals surface area contributed by atoms with Gasteiger partial charge in [0.05, 0.1) is 17.2 Å². The van der Waals surface area contributed by atoms with E-state index in [1.54, 1.807) is 23.5 Å². The number of hydrogen-bond donors (Lipinski definition) is 1. The molecule has 0 aliphatic rings. The summed E-state index contributed by atoms with van der Waals surface area (Å²) in [5, 5.41) is 0. The highest BCUT2D eigenvalue weighted by molar-refractivity contribution is 7.09. The van der Waals surface area contributed by atoms with Crippen molar-refractivity contribution in [3.63, 3.8) is 0 Å². The minimum absolute atomic E-state index is 0.155. The number of rotatable bonds is 5. The molecule has 0 saturated carbocycles. The Kier molecular flexibility index (Phi) is 4.86. The average molecular weight is 293 g/mol. The van der Waals surface area contributed by atoms with Crippen molar-refractivity contribution < 1.29 is 4.39 Å². The van der Waals surface area contributed by atoms with E-state index in [4.69, 9.17) is 5.73 Å². The fraction of sp³-hybridized carbons (Fsp3) is 0.400. The molecule has 3 nitrogen and oxygen atoms in total. The third kappa shape index (κ3) is 3.23. The number of hydrogen-bond acceptors (Lipinski definition) is 4. The summed E-state index contributed by atoms with van der Waals surface area (Å²) in [6.45, 7) is 4.62. The van der Waals surface area contributed by atoms with Gasteiger partial charge in [0.1, 0.15) is 5.82 Å². The van der Waals surface area contributed by atoms with Gasteiger partial charge in [0, 0.05) is 23.0 Å². The fourth-order valence-corrected chi connectivity index (χ4v) is 3.28. The summed E-state index contributed by atoms with van der Waals surface area (Å²) in [5.74, 6) is -0.206. The first-order valence-corrected chi connectivity index (χ1v) is 7.48. The summed E-state index contributed by atoms with van der Waals surface area (Å²) in [6, 6.07) is 6.52. The van der Waals surface area contributed by atoms with Gasteiger partial charge in [0.15, 0.2) is 0 Å². The molecule has 1 aromatic carbocycles. The van der Waals surface area contributed by atoms with E-state index in [1.807, 2.05) is 32.5 Å². The molecule has 1 aromatic heterocycles. The van der Waals surface area contributed by atoms with E-state index >= 15 is 0 Å². The lowest BCUT2D eigenvalue weighted by Crippen LogP contribution is -2.37. The van der Waals surface area contributed by atoms with Crippen LogP contribution in [0.3, 0.4) is 0 Å². The van der Waals surface area contributed by atoms with E-state index in [2.05, 4.69) is 9.88 Å². The molecule has 2 rings (SSSR count). The van der Waals surface area contributed by atoms with Crippen LogP contribution in [-0.2, 0) is 6.54 Å². The molecule has 0 aliphatic carbocycles. The summed E-state index contributed by atoms with van der Waals surface area (Å²) in [5.41, 5.74) is 9.59. The van der Waals surface area contributed by atoms with E-state index in [1.165, 1.54) is 10.9 Å². The zero-order valence-electron chi connectivity index (χ0n) is 12.0. The largest absolute Gasteiger partial charge is 0.326 e. The summed E-state index contributed by atoms with van der Waals surface area (Å²) >= 11 is 1.62. The van der Waals surface area contributed by atoms with Crippen LogP contribution in [-0.4, -0.2) is 23.0 Å². The molecule has 0 fully saturated rings. The monoisotopic (exact) mass is 293 g/mol. The minimum atomic E-state index is -0.206. The highest BCUT2D eigenvalue weighted by Gasteiger charge is 2.24. The highest BCUT2D eigenvalue weighted by atomic mass is 32.1. The van der Waals surface area contributed by atoms with Crippen LogP contribution in [0, 0.1) is 12.7 Å². The number of aryl methyl sites for hydroxylation is 1. The van der Waals surface area contributed by atoms with Crippen LogP contribution in [0.2, 0.25) is 0 Å². The van der Waals surface area contributed by atoms with Gasteiger partial charge in [0.25, 0.3) is 0 Å². The zero-order chi connectivity index (χ0) is 14.7. The van der Waals surface area contributed by atoms with Gasteiger partial charge in [-0.3, -0.25) is 4.90 Å². The van der Waals surface area contributed by atoms with Crippen molar-refractivity contribution in [1.29, 1.82) is 0 Å². The molecule has 2 N–H and O–H groups in total. The molecule has 0 amide bonds. The molecular weight excluding hydrogens is 273 g/mol. The lowest BCUT2D eigenvalue weighted by Gasteiger charge is -2.31. The third-order valence-electron chi connectivity index (χ3n) is 3.43. The van der Waals surface area contributed by atoms with Gasteiger partial charge in [-0.2, -0.15) is 0 Å². The first-order valence-electron chi connectivity index (χ1n) is 6.60. The molecule has 2 aromatic rings. The second-order valence-corrected chi connectivity index (χ2v) is 6.04. The SMILES string of the molecule is Cc1ncsc1CN(C)C(c1ccccc1F)C(C)N. The Hall–Kier alpha value is -1.30. The Morgan fingerprint density at radius 2 is 2.10 bits per heavy atom. The van der Waals surface area contributed by atoms with Gasteiger partial charge in [-0.25, -0.2) is 9.37 Å². The zero-order valence-corrected chi connectivity index (χ0v) is 12.8. The molecule has 2 atom stereocenters. The molecule has 108 valence electrons. The minimum Gasteiger partial charge on any atom is -0.326 e. The van der Waals surface area contributed by atoms with Gasteiger partial charge in [-0.05, 0) is 27.0 Å². The molecule has 0 aliphatic heterocycles. The van der Waals surface area contributed by atoms with Crippen molar-refractivity contribution in [1.82, 2.24) is 9.88 Å². The van der Waals surface area contributed by atoms with Crippen molar-refractivity contribution >= 4 is 11.3 Å². The topological polar surface area (TPSA) is 42.2 Å². The van der Waals surface area contributed by atoms with Gasteiger partial charge < -0.3 is 5.73 Å². The Labute approximate surface area is 123 Å². The molecule has 20 heavy (non-hydrogen) atoms. The molecule has 2 unspecified atom stereocenters. The second kappa shape index (κ2) is 6.43. The average Bonchev–Trinajstić information content (AvgIpc) is 2.77. The van der Waals surface area contributed by atoms with E-state index in [-0.39, 0.29) is 17.9 Å². The van der Waals surface area contributed by atoms with Gasteiger partial charge in [-0.15, -0.1) is 11.3 Å². The maximum absolute atomic E-state index is 14.0. The van der Waals surface area contributed by atoms with Crippen molar-refractivity contribution in [3.05, 3.63) is 51.7 Å². The molecule has 0 saturated heterocycles. The smallest absolute Gasteiger partial charge is 0.128 e. The number of likely N-dealkylation sites (N-methyl/N-ethyl adjacent to an activating group) is 1. The van der Waals surface area contributed by atoms with Crippen LogP contribution in [0.15, 0.2) is 29.8 Å². The van der Waals surface area contributed by atoms with E-state index in [0.29, 0.717) is 5.56 Å². The van der Waals surface area contributed by atoms with Crippen LogP contribution in [0.25, 0.3) is 0 Å². The van der Waals surface area contributed by atoms with Crippen LogP contribution in [0.5, 0.6) is 0 Å². The Bertz CT molecular complexity index is 568. The standard InChI is InChI=1S/C15H20FN3S/c1-10(17)15(12-6-4-5-7-13(12)16)19(3)8-14-11(2)18-9-20-14/h4-7,9-10,15H,8,17H2,1-3H3. The number of nitrogens with zero attached hydrogens (tertiary/aromatic N) is 2. The normalized spacial score (nSPS) is 14.5. The van der Waals surface area contributed by atoms with Crippen LogP contribution >= 0.6 is 11.3 Å². The molecule has 0 spiro atoms. The number of halogens is 1. The summed E-state index contributed by atoms with van der Waals surface area (Å²) in [7, 11) is 1.97. The predicted molar refractivity (Wildman–Crippen MR) is 81.1 cm³/mol. The number of benzene rings is 1. The van der Waals surface area contributed by atoms with Crippen LogP contribution < -0.4 is 5.73 Å². The van der Waals surface area contributed by atoms with Gasteiger partial charge >= 0.3 is 0 Å². The van der Waals surface area contributed by atoms with E-state index in [9.17, 15) is 4.39 Å². The Balaban J connectivity index is 2.25. The number of aromatic nitrogens is 1. The van der Waals surface area contributed by atoms with Crippen molar-refractivity contribution in [3.8, 4) is 0 Å². The lowest BCUT2D eigenvalue weighted by molar-refractivity contribution is 0.207. The maximum Gasteiger partial charge on any atom is 0.128 e. The fourth-order valence-electron chi connectivity index (χ4n) is 2.44. The van der Waals surface area contributed by atoms with Crippen molar-refractivity contribution in [2.75, 3.05) is 7.05 Å². The Morgan fingerprint density at radius 3 is 2.65 bits per heavy atom. The van der Waals surface area contributed by atoms with Gasteiger partial charge in [-0.1, -0.05) is 18.2 Å². The Morgan fingerprint density at radius 1 is 1.40 bits per heavy atom. The summed E-state index contributed by atoms with van der Waals surface area (Å²) in [4.78, 5) is 7.53. The van der Waals surface area contributed by atoms with Crippen molar-refractivity contribution in [2.45, 2.75) is 32.5 Å². The third-order valence-corrected chi connectivity index (χ3v) is 4.35. The van der Waals surface area contributed by atoms with Crippen molar-refractivity contribution in [2.24, 2.45) is 5.73 Å². The molecule has 0 bridgehead atoms. The number of thiazole rings is 1. The van der Waals surface area contributed by atoms with E-state index in [0.717, 1.165) is 12.2 Å². The molecule has 1 heterocycles. The maximum atomic E-state index is 14.0. The summed E-state index contributed by atoms with van der Waals surface area (Å²) < 4.78 is 14.0. The lowest BCUT2D eigenvalue weighted by atomic mass is 9.99. The van der Waals surface area contributed by atoms with Crippen LogP contribution in [0.1, 0.15) is 29.1 Å². The molecular formula is C15H20FN3S. The first kappa shape index (κ1) is 15.1. The van der Waals surface area contributed by atoms with Crippen LogP contribution in [0.4, 0.5) is 4.39 Å². The van der Waals surface area contributed by atoms with E-state index < -0.39 is 0 Å². The second-order valence-electron chi connectivity index (χ2n) is 5.10.